The number of nitrogens with zero attached hydrogens (tertiary/aromatic N) is 3. The van der Waals surface area contributed by atoms with Crippen molar-refractivity contribution in [2.24, 2.45) is 0 Å². The molecule has 1 aliphatic heterocycles. The zero-order valence-corrected chi connectivity index (χ0v) is 16.7. The summed E-state index contributed by atoms with van der Waals surface area (Å²) in [5.74, 6) is -0.274. The van der Waals surface area contributed by atoms with Gasteiger partial charge in [-0.15, -0.1) is 0 Å². The van der Waals surface area contributed by atoms with Crippen LogP contribution in [0.15, 0.2) is 57.7 Å². The van der Waals surface area contributed by atoms with Crippen molar-refractivity contribution in [3.05, 3.63) is 70.1 Å². The number of amides is 1. The zero-order valence-electron chi connectivity index (χ0n) is 15.9. The number of hydrogen-bond donors (Lipinski definition) is 0. The van der Waals surface area contributed by atoms with E-state index in [0.29, 0.717) is 31.8 Å². The number of fused-ring (bicyclic) bond motifs is 2. The predicted molar refractivity (Wildman–Crippen MR) is 115 cm³/mol. The molecule has 4 aromatic rings. The Morgan fingerprint density at radius 3 is 2.66 bits per heavy atom. The number of hydrogen-bond acceptors (Lipinski definition) is 6. The molecule has 1 fully saturated rings. The van der Waals surface area contributed by atoms with E-state index in [0.717, 1.165) is 16.0 Å². The molecule has 0 unspecified atom stereocenters. The van der Waals surface area contributed by atoms with Gasteiger partial charge in [0.25, 0.3) is 5.91 Å². The van der Waals surface area contributed by atoms with Crippen molar-refractivity contribution in [1.82, 2.24) is 9.88 Å². The first kappa shape index (κ1) is 17.9. The van der Waals surface area contributed by atoms with Crippen molar-refractivity contribution in [2.45, 2.75) is 6.92 Å². The second kappa shape index (κ2) is 7.00. The number of aromatic nitrogens is 1. The van der Waals surface area contributed by atoms with Gasteiger partial charge in [0, 0.05) is 31.6 Å². The molecule has 1 aliphatic rings. The molecule has 0 spiro atoms. The lowest BCUT2D eigenvalue weighted by Crippen LogP contribution is -2.49. The first-order chi connectivity index (χ1) is 14.1. The third kappa shape index (κ3) is 3.17. The predicted octanol–water partition coefficient (Wildman–Crippen LogP) is 3.67. The second-order valence-electron chi connectivity index (χ2n) is 7.18. The maximum absolute atomic E-state index is 12.9. The van der Waals surface area contributed by atoms with Gasteiger partial charge in [0.05, 0.1) is 10.2 Å². The topological polar surface area (TPSA) is 66.7 Å². The fourth-order valence-corrected chi connectivity index (χ4v) is 4.79. The van der Waals surface area contributed by atoms with Crippen LogP contribution in [0.25, 0.3) is 21.2 Å². The molecule has 6 nitrogen and oxygen atoms in total. The highest BCUT2D eigenvalue weighted by atomic mass is 32.1. The molecular weight excluding hydrogens is 386 g/mol. The molecule has 0 radical (unpaired) electrons. The lowest BCUT2D eigenvalue weighted by Gasteiger charge is -2.34. The van der Waals surface area contributed by atoms with Gasteiger partial charge in [-0.3, -0.25) is 4.79 Å². The number of carbonyl (C=O) groups is 1. The van der Waals surface area contributed by atoms with Gasteiger partial charge < -0.3 is 14.2 Å². The number of rotatable bonds is 2. The van der Waals surface area contributed by atoms with Crippen LogP contribution < -0.4 is 10.5 Å². The van der Waals surface area contributed by atoms with Gasteiger partial charge in [-0.25, -0.2) is 9.78 Å². The maximum atomic E-state index is 12.9. The molecule has 0 bridgehead atoms. The Balaban J connectivity index is 1.35. The first-order valence-corrected chi connectivity index (χ1v) is 10.3. The Morgan fingerprint density at radius 2 is 1.86 bits per heavy atom. The van der Waals surface area contributed by atoms with Crippen LogP contribution in [0.4, 0.5) is 5.13 Å². The van der Waals surface area contributed by atoms with E-state index in [2.05, 4.69) is 24.0 Å². The van der Waals surface area contributed by atoms with Crippen LogP contribution >= 0.6 is 11.3 Å². The van der Waals surface area contributed by atoms with Crippen molar-refractivity contribution in [3.8, 4) is 0 Å². The molecule has 5 rings (SSSR count). The summed E-state index contributed by atoms with van der Waals surface area (Å²) in [5, 5.41) is 1.73. The minimum atomic E-state index is -0.585. The number of para-hydroxylation sites is 2. The largest absolute Gasteiger partial charge is 0.422 e. The summed E-state index contributed by atoms with van der Waals surface area (Å²) in [5.41, 5.74) is 2.21. The van der Waals surface area contributed by atoms with Gasteiger partial charge >= 0.3 is 5.63 Å². The molecule has 2 aromatic heterocycles. The van der Waals surface area contributed by atoms with E-state index in [-0.39, 0.29) is 11.5 Å². The summed E-state index contributed by atoms with van der Waals surface area (Å²) in [4.78, 5) is 33.9. The van der Waals surface area contributed by atoms with Crippen molar-refractivity contribution in [1.29, 1.82) is 0 Å². The summed E-state index contributed by atoms with van der Waals surface area (Å²) in [7, 11) is 0. The lowest BCUT2D eigenvalue weighted by molar-refractivity contribution is 0.0742. The van der Waals surface area contributed by atoms with Gasteiger partial charge in [-0.1, -0.05) is 41.7 Å². The molecule has 0 aliphatic carbocycles. The van der Waals surface area contributed by atoms with E-state index in [4.69, 9.17) is 9.40 Å². The van der Waals surface area contributed by atoms with E-state index in [1.54, 1.807) is 34.4 Å². The van der Waals surface area contributed by atoms with E-state index >= 15 is 0 Å². The molecule has 1 amide bonds. The van der Waals surface area contributed by atoms with Crippen molar-refractivity contribution in [2.75, 3.05) is 31.1 Å². The average molecular weight is 405 g/mol. The van der Waals surface area contributed by atoms with Crippen LogP contribution in [0.2, 0.25) is 0 Å². The van der Waals surface area contributed by atoms with Crippen molar-refractivity contribution in [3.63, 3.8) is 0 Å². The molecule has 146 valence electrons. The SMILES string of the molecule is Cc1cccc2sc(N3CCN(C(=O)c4cc5ccccc5oc4=O)CC3)nc12. The minimum absolute atomic E-state index is 0.0905. The molecule has 0 atom stereocenters. The highest BCUT2D eigenvalue weighted by Gasteiger charge is 2.26. The molecule has 0 saturated carbocycles. The van der Waals surface area contributed by atoms with Crippen molar-refractivity contribution < 1.29 is 9.21 Å². The second-order valence-corrected chi connectivity index (χ2v) is 8.19. The van der Waals surface area contributed by atoms with Crippen LogP contribution in [0.1, 0.15) is 15.9 Å². The summed E-state index contributed by atoms with van der Waals surface area (Å²) in [6.07, 6.45) is 0. The smallest absolute Gasteiger partial charge is 0.349 e. The third-order valence-corrected chi connectivity index (χ3v) is 6.40. The molecule has 29 heavy (non-hydrogen) atoms. The average Bonchev–Trinajstić information content (AvgIpc) is 3.19. The van der Waals surface area contributed by atoms with E-state index in [9.17, 15) is 9.59 Å². The summed E-state index contributed by atoms with van der Waals surface area (Å²) < 4.78 is 6.49. The van der Waals surface area contributed by atoms with Crippen molar-refractivity contribution >= 4 is 43.6 Å². The number of benzene rings is 2. The molecule has 0 N–H and O–H groups in total. The minimum Gasteiger partial charge on any atom is -0.422 e. The normalized spacial score (nSPS) is 14.7. The molecule has 1 saturated heterocycles. The molecule has 3 heterocycles. The van der Waals surface area contributed by atoms with Gasteiger partial charge in [0.15, 0.2) is 5.13 Å². The standard InChI is InChI=1S/C22H19N3O3S/c1-14-5-4-8-18-19(14)23-22(29-18)25-11-9-24(10-12-25)20(26)16-13-15-6-2-3-7-17(15)28-21(16)27/h2-8,13H,9-12H2,1H3. The maximum Gasteiger partial charge on any atom is 0.349 e. The Labute approximate surface area is 171 Å². The van der Waals surface area contributed by atoms with E-state index in [1.807, 2.05) is 18.2 Å². The van der Waals surface area contributed by atoms with Crippen LogP contribution in [-0.2, 0) is 0 Å². The van der Waals surface area contributed by atoms with E-state index in [1.165, 1.54) is 10.3 Å². The highest BCUT2D eigenvalue weighted by Crippen LogP contribution is 2.31. The van der Waals surface area contributed by atoms with Gasteiger partial charge in [-0.2, -0.15) is 0 Å². The number of piperazine rings is 1. The van der Waals surface area contributed by atoms with Crippen LogP contribution in [0.5, 0.6) is 0 Å². The quantitative estimate of drug-likeness (QED) is 0.476. The number of thiazole rings is 1. The summed E-state index contributed by atoms with van der Waals surface area (Å²) in [6, 6.07) is 15.0. The van der Waals surface area contributed by atoms with E-state index < -0.39 is 5.63 Å². The number of carbonyl (C=O) groups excluding carboxylic acids is 1. The Kier molecular flexibility index (Phi) is 4.32. The van der Waals surface area contributed by atoms with Gasteiger partial charge in [-0.05, 0) is 30.7 Å². The highest BCUT2D eigenvalue weighted by molar-refractivity contribution is 7.22. The van der Waals surface area contributed by atoms with Crippen LogP contribution in [-0.4, -0.2) is 42.0 Å². The zero-order chi connectivity index (χ0) is 20.0. The number of anilines is 1. The van der Waals surface area contributed by atoms with Crippen LogP contribution in [0, 0.1) is 6.92 Å². The fourth-order valence-electron chi connectivity index (χ4n) is 3.69. The first-order valence-electron chi connectivity index (χ1n) is 9.53. The lowest BCUT2D eigenvalue weighted by atomic mass is 10.1. The number of aryl methyl sites for hydroxylation is 1. The molecule has 2 aromatic carbocycles. The monoisotopic (exact) mass is 405 g/mol. The molecule has 7 heteroatoms. The van der Waals surface area contributed by atoms with Gasteiger partial charge in [0.2, 0.25) is 0 Å². The third-order valence-electron chi connectivity index (χ3n) is 5.32. The van der Waals surface area contributed by atoms with Crippen LogP contribution in [0.3, 0.4) is 0 Å². The summed E-state index contributed by atoms with van der Waals surface area (Å²) in [6.45, 7) is 4.52. The Hall–Kier alpha value is -3.19. The molecular formula is C22H19N3O3S. The van der Waals surface area contributed by atoms with Gasteiger partial charge in [0.1, 0.15) is 11.1 Å². The summed E-state index contributed by atoms with van der Waals surface area (Å²) >= 11 is 1.67. The fraction of sp³-hybridized carbons (Fsp3) is 0.227. The Morgan fingerprint density at radius 1 is 1.07 bits per heavy atom. The Bertz CT molecular complexity index is 1290.